The van der Waals surface area contributed by atoms with Crippen molar-refractivity contribution in [3.8, 4) is 5.75 Å². The number of methoxy groups -OCH3 is 1. The van der Waals surface area contributed by atoms with E-state index in [9.17, 15) is 14.7 Å². The maximum atomic E-state index is 11.3. The smallest absolute Gasteiger partial charge is 0.378 e. The molecule has 0 saturated carbocycles. The largest absolute Gasteiger partial charge is 0.507 e. The first-order valence-corrected chi connectivity index (χ1v) is 6.33. The van der Waals surface area contributed by atoms with E-state index in [2.05, 4.69) is 4.74 Å². The van der Waals surface area contributed by atoms with E-state index < -0.39 is 11.8 Å². The van der Waals surface area contributed by atoms with Gasteiger partial charge in [-0.3, -0.25) is 4.79 Å². The number of esters is 1. The second-order valence-electron chi connectivity index (χ2n) is 3.88. The van der Waals surface area contributed by atoms with Crippen molar-refractivity contribution < 1.29 is 24.2 Å². The van der Waals surface area contributed by atoms with Crippen LogP contribution in [-0.4, -0.2) is 30.6 Å². The van der Waals surface area contributed by atoms with Crippen molar-refractivity contribution >= 4 is 29.1 Å². The van der Waals surface area contributed by atoms with E-state index >= 15 is 0 Å². The van der Waals surface area contributed by atoms with Gasteiger partial charge in [-0.05, 0) is 24.6 Å². The Morgan fingerprint density at radius 2 is 2.10 bits per heavy atom. The highest BCUT2D eigenvalue weighted by molar-refractivity contribution is 6.39. The molecule has 0 aliphatic heterocycles. The Morgan fingerprint density at radius 3 is 2.65 bits per heavy atom. The van der Waals surface area contributed by atoms with Crippen LogP contribution < -0.4 is 4.74 Å². The minimum absolute atomic E-state index is 0.302. The Labute approximate surface area is 121 Å². The second-order valence-corrected chi connectivity index (χ2v) is 4.29. The van der Waals surface area contributed by atoms with Crippen LogP contribution >= 0.6 is 11.6 Å². The third-order valence-corrected chi connectivity index (χ3v) is 2.64. The Hall–Kier alpha value is -2.01. The number of rotatable bonds is 6. The molecule has 1 rings (SSSR count). The molecule has 1 N–H and O–H groups in total. The summed E-state index contributed by atoms with van der Waals surface area (Å²) in [6.07, 6.45) is 1.63. The summed E-state index contributed by atoms with van der Waals surface area (Å²) in [5.41, 5.74) is 0.302. The molecule has 0 fully saturated rings. The lowest BCUT2D eigenvalue weighted by atomic mass is 10.1. The zero-order valence-corrected chi connectivity index (χ0v) is 11.9. The van der Waals surface area contributed by atoms with E-state index in [1.807, 2.05) is 6.92 Å². The van der Waals surface area contributed by atoms with Crippen molar-refractivity contribution in [3.05, 3.63) is 34.9 Å². The average molecular weight is 299 g/mol. The quantitative estimate of drug-likeness (QED) is 0.378. The van der Waals surface area contributed by atoms with Crippen molar-refractivity contribution in [3.63, 3.8) is 0 Å². The van der Waals surface area contributed by atoms with Crippen LogP contribution in [0, 0.1) is 0 Å². The zero-order valence-electron chi connectivity index (χ0n) is 11.2. The van der Waals surface area contributed by atoms with E-state index in [1.165, 1.54) is 12.1 Å². The van der Waals surface area contributed by atoms with Crippen molar-refractivity contribution in [2.75, 3.05) is 13.7 Å². The summed E-state index contributed by atoms with van der Waals surface area (Å²) in [6.45, 7) is 2.50. The highest BCUT2D eigenvalue weighted by Crippen LogP contribution is 2.27. The average Bonchev–Trinajstić information content (AvgIpc) is 2.44. The predicted octanol–water partition coefficient (Wildman–Crippen LogP) is 2.77. The molecule has 0 radical (unpaired) electrons. The normalized spacial score (nSPS) is 11.1. The number of halogens is 1. The van der Waals surface area contributed by atoms with E-state index in [0.29, 0.717) is 22.9 Å². The number of ketones is 1. The van der Waals surface area contributed by atoms with Crippen molar-refractivity contribution in [2.24, 2.45) is 0 Å². The summed E-state index contributed by atoms with van der Waals surface area (Å²) in [6, 6.07) is 4.57. The van der Waals surface area contributed by atoms with Gasteiger partial charge in [-0.25, -0.2) is 4.79 Å². The summed E-state index contributed by atoms with van der Waals surface area (Å²) < 4.78 is 9.63. The fourth-order valence-electron chi connectivity index (χ4n) is 1.36. The molecular formula is C14H15ClO5. The van der Waals surface area contributed by atoms with Crippen molar-refractivity contribution in [2.45, 2.75) is 13.3 Å². The summed E-state index contributed by atoms with van der Waals surface area (Å²) in [4.78, 5) is 22.2. The molecule has 0 heterocycles. The number of carbonyl (C=O) groups excluding carboxylic acids is 2. The predicted molar refractivity (Wildman–Crippen MR) is 74.9 cm³/mol. The topological polar surface area (TPSA) is 72.8 Å². The van der Waals surface area contributed by atoms with Gasteiger partial charge in [-0.2, -0.15) is 0 Å². The minimum Gasteiger partial charge on any atom is -0.507 e. The van der Waals surface area contributed by atoms with E-state index in [0.717, 1.165) is 19.6 Å². The molecule has 0 unspecified atom stereocenters. The zero-order chi connectivity index (χ0) is 15.1. The Kier molecular flexibility index (Phi) is 6.06. The third kappa shape index (κ3) is 4.28. The third-order valence-electron chi connectivity index (χ3n) is 2.34. The monoisotopic (exact) mass is 298 g/mol. The summed E-state index contributed by atoms with van der Waals surface area (Å²) in [5, 5.41) is 10.1. The summed E-state index contributed by atoms with van der Waals surface area (Å²) >= 11 is 6.00. The van der Waals surface area contributed by atoms with Gasteiger partial charge < -0.3 is 14.6 Å². The van der Waals surface area contributed by atoms with Crippen molar-refractivity contribution in [1.29, 1.82) is 0 Å². The number of carbonyl (C=O) groups is 2. The highest BCUT2D eigenvalue weighted by atomic mass is 35.5. The number of hydrogen-bond acceptors (Lipinski definition) is 5. The van der Waals surface area contributed by atoms with Gasteiger partial charge in [-0.15, -0.1) is 0 Å². The summed E-state index contributed by atoms with van der Waals surface area (Å²) in [5.74, 6) is -1.88. The standard InChI is InChI=1S/C14H15ClO5/c1-3-6-20-13-5-4-9(7-10(13)15)11(16)8-12(17)14(18)19-2/h4-5,7-8,16H,3,6H2,1-2H3. The maximum absolute atomic E-state index is 11.3. The van der Waals surface area contributed by atoms with Crippen LogP contribution in [0.15, 0.2) is 24.3 Å². The second kappa shape index (κ2) is 7.55. The van der Waals surface area contributed by atoms with Crippen LogP contribution in [0.2, 0.25) is 5.02 Å². The lowest BCUT2D eigenvalue weighted by molar-refractivity contribution is -0.149. The fraction of sp³-hybridized carbons (Fsp3) is 0.286. The summed E-state index contributed by atoms with van der Waals surface area (Å²) in [7, 11) is 1.09. The SMILES string of the molecule is CCCOc1ccc(C(O)=CC(=O)C(=O)OC)cc1Cl. The molecule has 0 spiro atoms. The van der Waals surface area contributed by atoms with Crippen LogP contribution in [0.1, 0.15) is 18.9 Å². The van der Waals surface area contributed by atoms with Gasteiger partial charge in [0, 0.05) is 11.6 Å². The fourth-order valence-corrected chi connectivity index (χ4v) is 1.59. The first-order chi connectivity index (χ1) is 9.49. The molecule has 0 amide bonds. The maximum Gasteiger partial charge on any atom is 0.378 e. The van der Waals surface area contributed by atoms with Gasteiger partial charge in [-0.1, -0.05) is 18.5 Å². The Balaban J connectivity index is 2.92. The van der Waals surface area contributed by atoms with Crippen LogP contribution in [0.3, 0.4) is 0 Å². The first-order valence-electron chi connectivity index (χ1n) is 5.95. The van der Waals surface area contributed by atoms with Gasteiger partial charge >= 0.3 is 5.97 Å². The molecule has 0 bridgehead atoms. The lowest BCUT2D eigenvalue weighted by Crippen LogP contribution is -2.13. The Bertz CT molecular complexity index is 536. The number of aliphatic hydroxyl groups is 1. The Morgan fingerprint density at radius 1 is 1.40 bits per heavy atom. The molecule has 1 aromatic carbocycles. The van der Waals surface area contributed by atoms with Crippen molar-refractivity contribution in [1.82, 2.24) is 0 Å². The molecule has 0 atom stereocenters. The molecular weight excluding hydrogens is 284 g/mol. The minimum atomic E-state index is -1.05. The molecule has 108 valence electrons. The molecule has 20 heavy (non-hydrogen) atoms. The van der Waals surface area contributed by atoms with Crippen LogP contribution in [0.4, 0.5) is 0 Å². The molecule has 6 heteroatoms. The lowest BCUT2D eigenvalue weighted by Gasteiger charge is -2.08. The van der Waals surface area contributed by atoms with Gasteiger partial charge in [0.2, 0.25) is 0 Å². The first kappa shape index (κ1) is 16.0. The van der Waals surface area contributed by atoms with Gasteiger partial charge in [0.1, 0.15) is 11.5 Å². The molecule has 5 nitrogen and oxygen atoms in total. The van der Waals surface area contributed by atoms with Gasteiger partial charge in [0.15, 0.2) is 0 Å². The van der Waals surface area contributed by atoms with Gasteiger partial charge in [0.05, 0.1) is 18.7 Å². The van der Waals surface area contributed by atoms with Crippen LogP contribution in [-0.2, 0) is 14.3 Å². The number of aliphatic hydroxyl groups excluding tert-OH is 1. The number of benzene rings is 1. The van der Waals surface area contributed by atoms with Gasteiger partial charge in [0.25, 0.3) is 5.78 Å². The van der Waals surface area contributed by atoms with E-state index in [1.54, 1.807) is 6.07 Å². The molecule has 0 aliphatic carbocycles. The van der Waals surface area contributed by atoms with Crippen LogP contribution in [0.5, 0.6) is 5.75 Å². The van der Waals surface area contributed by atoms with Crippen LogP contribution in [0.25, 0.3) is 5.76 Å². The number of hydrogen-bond donors (Lipinski definition) is 1. The molecule has 0 saturated heterocycles. The molecule has 1 aromatic rings. The van der Waals surface area contributed by atoms with E-state index in [-0.39, 0.29) is 5.76 Å². The van der Waals surface area contributed by atoms with E-state index in [4.69, 9.17) is 16.3 Å². The molecule has 0 aromatic heterocycles. The molecule has 0 aliphatic rings. The number of ether oxygens (including phenoxy) is 2. The highest BCUT2D eigenvalue weighted by Gasteiger charge is 2.13.